The molecule has 0 fully saturated rings. The fourth-order valence-corrected chi connectivity index (χ4v) is 6.13. The number of rotatable bonds is 18. The summed E-state index contributed by atoms with van der Waals surface area (Å²) < 4.78 is 11.4. The molecule has 0 saturated heterocycles. The highest BCUT2D eigenvalue weighted by Gasteiger charge is 2.39. The summed E-state index contributed by atoms with van der Waals surface area (Å²) in [6.07, 6.45) is 5.79. The van der Waals surface area contributed by atoms with Crippen molar-refractivity contribution < 1.29 is 28.7 Å². The third kappa shape index (κ3) is 15.5. The van der Waals surface area contributed by atoms with Crippen LogP contribution in [0, 0.1) is 19.8 Å². The van der Waals surface area contributed by atoms with Gasteiger partial charge in [0.1, 0.15) is 29.3 Å². The van der Waals surface area contributed by atoms with E-state index in [0.717, 1.165) is 48.8 Å². The van der Waals surface area contributed by atoms with Gasteiger partial charge in [0.25, 0.3) is 0 Å². The Kier molecular flexibility index (Phi) is 17.2. The molecule has 3 amide bonds. The molecule has 51 heavy (non-hydrogen) atoms. The topological polar surface area (TPSA) is 114 Å². The third-order valence-electron chi connectivity index (χ3n) is 8.40. The molecule has 9 heteroatoms. The third-order valence-corrected chi connectivity index (χ3v) is 8.40. The van der Waals surface area contributed by atoms with E-state index in [4.69, 9.17) is 9.47 Å². The molecule has 2 N–H and O–H groups in total. The molecule has 0 bridgehead atoms. The Bertz CT molecular complexity index is 1390. The summed E-state index contributed by atoms with van der Waals surface area (Å²) in [5.74, 6) is -1.36. The quantitative estimate of drug-likeness (QED) is 0.119. The highest BCUT2D eigenvalue weighted by molar-refractivity contribution is 5.94. The van der Waals surface area contributed by atoms with Crippen LogP contribution < -0.4 is 10.6 Å². The summed E-state index contributed by atoms with van der Waals surface area (Å²) in [5, 5.41) is 5.86. The van der Waals surface area contributed by atoms with Gasteiger partial charge in [-0.2, -0.15) is 0 Å². The second-order valence-electron chi connectivity index (χ2n) is 16.1. The molecule has 0 aliphatic carbocycles. The van der Waals surface area contributed by atoms with E-state index in [1.165, 1.54) is 0 Å². The highest BCUT2D eigenvalue weighted by atomic mass is 16.6. The van der Waals surface area contributed by atoms with E-state index < -0.39 is 47.3 Å². The van der Waals surface area contributed by atoms with Crippen LogP contribution >= 0.6 is 0 Å². The van der Waals surface area contributed by atoms with Gasteiger partial charge in [0, 0.05) is 13.0 Å². The average Bonchev–Trinajstić information content (AvgIpc) is 3.00. The van der Waals surface area contributed by atoms with Crippen LogP contribution in [0.5, 0.6) is 0 Å². The Hall–Kier alpha value is -3.88. The number of carbonyl (C=O) groups excluding carboxylic acids is 4. The van der Waals surface area contributed by atoms with Crippen molar-refractivity contribution in [3.05, 3.63) is 70.8 Å². The minimum atomic E-state index is -1.08. The number of hydrogen-bond donors (Lipinski definition) is 2. The zero-order valence-corrected chi connectivity index (χ0v) is 33.2. The molecule has 0 radical (unpaired) electrons. The maximum Gasteiger partial charge on any atom is 0.408 e. The van der Waals surface area contributed by atoms with Crippen molar-refractivity contribution in [2.24, 2.45) is 5.92 Å². The summed E-state index contributed by atoms with van der Waals surface area (Å²) in [5.41, 5.74) is 1.69. The van der Waals surface area contributed by atoms with Gasteiger partial charge in [0.15, 0.2) is 0 Å². The van der Waals surface area contributed by atoms with Gasteiger partial charge in [-0.1, -0.05) is 101 Å². The summed E-state index contributed by atoms with van der Waals surface area (Å²) in [7, 11) is 0. The zero-order valence-electron chi connectivity index (χ0n) is 33.2. The Morgan fingerprint density at radius 1 is 0.725 bits per heavy atom. The van der Waals surface area contributed by atoms with Gasteiger partial charge in [0.05, 0.1) is 0 Å². The van der Waals surface area contributed by atoms with Crippen molar-refractivity contribution >= 4 is 23.9 Å². The van der Waals surface area contributed by atoms with E-state index in [1.807, 2.05) is 76.2 Å². The summed E-state index contributed by atoms with van der Waals surface area (Å²) in [4.78, 5) is 58.1. The maximum absolute atomic E-state index is 14.9. The van der Waals surface area contributed by atoms with Crippen LogP contribution in [0.2, 0.25) is 0 Å². The van der Waals surface area contributed by atoms with Gasteiger partial charge in [-0.3, -0.25) is 9.59 Å². The van der Waals surface area contributed by atoms with Crippen molar-refractivity contribution in [3.8, 4) is 0 Å². The van der Waals surface area contributed by atoms with E-state index in [-0.39, 0.29) is 24.8 Å². The number of amides is 3. The largest absolute Gasteiger partial charge is 0.458 e. The van der Waals surface area contributed by atoms with Gasteiger partial charge in [-0.25, -0.2) is 9.59 Å². The Morgan fingerprint density at radius 3 is 1.84 bits per heavy atom. The van der Waals surface area contributed by atoms with Crippen molar-refractivity contribution in [1.82, 2.24) is 15.5 Å². The molecule has 0 aromatic heterocycles. The summed E-state index contributed by atoms with van der Waals surface area (Å²) in [6, 6.07) is 12.2. The van der Waals surface area contributed by atoms with E-state index in [1.54, 1.807) is 46.4 Å². The molecule has 284 valence electrons. The first-order valence-corrected chi connectivity index (χ1v) is 18.8. The molecular weight excluding hydrogens is 642 g/mol. The van der Waals surface area contributed by atoms with Crippen LogP contribution in [0.15, 0.2) is 48.5 Å². The standard InChI is InChI=1S/C42H65N3O6/c1-12-13-14-15-16-20-26-45(38(47)33(27-29(2)3)44-40(49)51-42(9,10)11)36(35-30(4)22-21-23-31(35)5)37(46)43-34(39(48)50-41(6,7)8)28-32-24-18-17-19-25-32/h17-19,21-25,29,33-34,36H,12-16,20,26-28H2,1-11H3,(H,43,46)(H,44,49). The second-order valence-corrected chi connectivity index (χ2v) is 16.1. The Labute approximate surface area is 307 Å². The number of esters is 1. The predicted octanol–water partition coefficient (Wildman–Crippen LogP) is 8.54. The molecular formula is C42H65N3O6. The first kappa shape index (κ1) is 43.3. The van der Waals surface area contributed by atoms with Crippen LogP contribution in [-0.4, -0.2) is 58.6 Å². The molecule has 0 saturated carbocycles. The fourth-order valence-electron chi connectivity index (χ4n) is 6.13. The molecule has 2 aromatic rings. The number of alkyl carbamates (subject to hydrolysis) is 1. The van der Waals surface area contributed by atoms with Gasteiger partial charge in [-0.15, -0.1) is 0 Å². The number of nitrogens with zero attached hydrogens (tertiary/aromatic N) is 1. The monoisotopic (exact) mass is 707 g/mol. The molecule has 0 aliphatic rings. The lowest BCUT2D eigenvalue weighted by Gasteiger charge is -2.37. The zero-order chi connectivity index (χ0) is 38.4. The van der Waals surface area contributed by atoms with Gasteiger partial charge >= 0.3 is 12.1 Å². The lowest BCUT2D eigenvalue weighted by Crippen LogP contribution is -2.55. The molecule has 0 spiro atoms. The number of carbonyl (C=O) groups is 4. The predicted molar refractivity (Wildman–Crippen MR) is 204 cm³/mol. The van der Waals surface area contributed by atoms with E-state index in [2.05, 4.69) is 17.6 Å². The van der Waals surface area contributed by atoms with Crippen molar-refractivity contribution in [2.45, 2.75) is 157 Å². The summed E-state index contributed by atoms with van der Waals surface area (Å²) in [6.45, 7) is 21.0. The average molecular weight is 708 g/mol. The number of ether oxygens (including phenoxy) is 2. The van der Waals surface area contributed by atoms with Crippen LogP contribution in [-0.2, 0) is 30.3 Å². The van der Waals surface area contributed by atoms with Crippen molar-refractivity contribution in [1.29, 1.82) is 0 Å². The normalized spacial score (nSPS) is 13.6. The second kappa shape index (κ2) is 20.2. The lowest BCUT2D eigenvalue weighted by molar-refractivity contribution is -0.159. The van der Waals surface area contributed by atoms with E-state index in [9.17, 15) is 19.2 Å². The fraction of sp³-hybridized carbons (Fsp3) is 0.619. The highest BCUT2D eigenvalue weighted by Crippen LogP contribution is 2.30. The molecule has 2 aromatic carbocycles. The van der Waals surface area contributed by atoms with Crippen molar-refractivity contribution in [2.75, 3.05) is 6.54 Å². The molecule has 0 aliphatic heterocycles. The first-order valence-electron chi connectivity index (χ1n) is 18.8. The molecule has 3 atom stereocenters. The van der Waals surface area contributed by atoms with Crippen LogP contribution in [0.1, 0.15) is 136 Å². The molecule has 2 rings (SSSR count). The maximum atomic E-state index is 14.9. The number of hydrogen-bond acceptors (Lipinski definition) is 6. The van der Waals surface area contributed by atoms with E-state index in [0.29, 0.717) is 18.4 Å². The molecule has 3 unspecified atom stereocenters. The lowest BCUT2D eigenvalue weighted by atomic mass is 9.92. The van der Waals surface area contributed by atoms with Crippen molar-refractivity contribution in [3.63, 3.8) is 0 Å². The van der Waals surface area contributed by atoms with Crippen LogP contribution in [0.3, 0.4) is 0 Å². The number of aryl methyl sites for hydroxylation is 2. The van der Waals surface area contributed by atoms with Gasteiger partial charge < -0.3 is 25.0 Å². The smallest absolute Gasteiger partial charge is 0.408 e. The minimum Gasteiger partial charge on any atom is -0.458 e. The number of benzene rings is 2. The Balaban J connectivity index is 2.69. The van der Waals surface area contributed by atoms with Gasteiger partial charge in [-0.05, 0) is 96.4 Å². The molecule has 0 heterocycles. The minimum absolute atomic E-state index is 0.0553. The Morgan fingerprint density at radius 2 is 1.29 bits per heavy atom. The number of unbranched alkanes of at least 4 members (excludes halogenated alkanes) is 5. The molecule has 9 nitrogen and oxygen atoms in total. The first-order chi connectivity index (χ1) is 23.8. The van der Waals surface area contributed by atoms with E-state index >= 15 is 0 Å². The summed E-state index contributed by atoms with van der Waals surface area (Å²) >= 11 is 0. The van der Waals surface area contributed by atoms with Crippen LogP contribution in [0.4, 0.5) is 4.79 Å². The van der Waals surface area contributed by atoms with Crippen LogP contribution in [0.25, 0.3) is 0 Å². The number of nitrogens with one attached hydrogen (secondary N) is 2. The SMILES string of the molecule is CCCCCCCCN(C(=O)C(CC(C)C)NC(=O)OC(C)(C)C)C(C(=O)NC(Cc1ccccc1)C(=O)OC(C)(C)C)c1c(C)cccc1C. The van der Waals surface area contributed by atoms with Gasteiger partial charge in [0.2, 0.25) is 11.8 Å².